The molecule has 1 N–H and O–H groups in total. The Bertz CT molecular complexity index is 1260. The quantitative estimate of drug-likeness (QED) is 0.592. The normalized spacial score (nSPS) is 19.2. The van der Waals surface area contributed by atoms with E-state index in [1.165, 1.54) is 5.56 Å². The number of carbonyl (C=O) groups is 2. The molecule has 3 aromatic rings. The first-order valence-corrected chi connectivity index (χ1v) is 12.3. The number of nitrogens with one attached hydrogen (secondary N) is 1. The fourth-order valence-electron chi connectivity index (χ4n) is 5.21. The maximum atomic E-state index is 14.0. The number of hydrogen-bond donors (Lipinski definition) is 1. The van der Waals surface area contributed by atoms with Gasteiger partial charge < -0.3 is 15.0 Å². The van der Waals surface area contributed by atoms with Gasteiger partial charge in [0.15, 0.2) is 0 Å². The highest BCUT2D eigenvalue weighted by atomic mass is 16.5. The van der Waals surface area contributed by atoms with Crippen LogP contribution in [0.4, 0.5) is 0 Å². The van der Waals surface area contributed by atoms with E-state index in [1.54, 1.807) is 16.7 Å². The van der Waals surface area contributed by atoms with Crippen LogP contribution in [0.1, 0.15) is 58.2 Å². The first-order chi connectivity index (χ1) is 16.9. The molecule has 0 bridgehead atoms. The van der Waals surface area contributed by atoms with Crippen LogP contribution in [-0.4, -0.2) is 39.1 Å². The molecule has 0 saturated carbocycles. The Labute approximate surface area is 206 Å². The van der Waals surface area contributed by atoms with Gasteiger partial charge in [-0.2, -0.15) is 5.10 Å². The van der Waals surface area contributed by atoms with Crippen molar-refractivity contribution in [2.45, 2.75) is 64.7 Å². The zero-order valence-corrected chi connectivity index (χ0v) is 20.6. The van der Waals surface area contributed by atoms with Gasteiger partial charge in [-0.1, -0.05) is 48.0 Å². The molecule has 35 heavy (non-hydrogen) atoms. The molecule has 0 fully saturated rings. The third kappa shape index (κ3) is 4.20. The number of hydrogen-bond acceptors (Lipinski definition) is 4. The molecule has 1 unspecified atom stereocenters. The van der Waals surface area contributed by atoms with Crippen molar-refractivity contribution in [1.29, 1.82) is 0 Å². The van der Waals surface area contributed by atoms with Gasteiger partial charge in [0.1, 0.15) is 17.0 Å². The minimum absolute atomic E-state index is 0.147. The summed E-state index contributed by atoms with van der Waals surface area (Å²) >= 11 is 0. The van der Waals surface area contributed by atoms with Crippen molar-refractivity contribution in [2.75, 3.05) is 7.11 Å². The molecule has 0 radical (unpaired) electrons. The summed E-state index contributed by atoms with van der Waals surface area (Å²) < 4.78 is 7.33. The molecule has 0 saturated heterocycles. The van der Waals surface area contributed by atoms with Crippen molar-refractivity contribution < 1.29 is 14.3 Å². The minimum Gasteiger partial charge on any atom is -0.496 e. The Morgan fingerprint density at radius 1 is 1.11 bits per heavy atom. The summed E-state index contributed by atoms with van der Waals surface area (Å²) in [4.78, 5) is 29.5. The van der Waals surface area contributed by atoms with E-state index in [2.05, 4.69) is 5.32 Å². The molecular formula is C28H32N4O3. The molecule has 1 aromatic heterocycles. The number of nitrogens with zero attached hydrogens (tertiary/aromatic N) is 3. The minimum atomic E-state index is -1.11. The predicted molar refractivity (Wildman–Crippen MR) is 133 cm³/mol. The first-order valence-electron chi connectivity index (χ1n) is 12.3. The summed E-state index contributed by atoms with van der Waals surface area (Å²) in [5.41, 5.74) is 4.63. The van der Waals surface area contributed by atoms with Gasteiger partial charge in [-0.05, 0) is 51.2 Å². The molecule has 1 aliphatic heterocycles. The van der Waals surface area contributed by atoms with Gasteiger partial charge in [0.25, 0.3) is 5.91 Å². The smallest absolute Gasteiger partial charge is 0.273 e. The van der Waals surface area contributed by atoms with Gasteiger partial charge in [0, 0.05) is 17.7 Å². The van der Waals surface area contributed by atoms with E-state index in [0.29, 0.717) is 24.5 Å². The third-order valence-corrected chi connectivity index (χ3v) is 7.31. The van der Waals surface area contributed by atoms with Crippen molar-refractivity contribution in [3.05, 3.63) is 82.2 Å². The van der Waals surface area contributed by atoms with Crippen LogP contribution in [0.3, 0.4) is 0 Å². The number of methoxy groups -OCH3 is 1. The van der Waals surface area contributed by atoms with Crippen LogP contribution in [0.25, 0.3) is 0 Å². The van der Waals surface area contributed by atoms with Gasteiger partial charge in [-0.25, -0.2) is 0 Å². The number of ether oxygens (including phenoxy) is 1. The van der Waals surface area contributed by atoms with Gasteiger partial charge in [0.2, 0.25) is 5.91 Å². The molecular weight excluding hydrogens is 440 g/mol. The summed E-state index contributed by atoms with van der Waals surface area (Å²) in [6.45, 7) is 4.86. The van der Waals surface area contributed by atoms with Crippen LogP contribution in [0.5, 0.6) is 5.75 Å². The van der Waals surface area contributed by atoms with E-state index in [4.69, 9.17) is 9.84 Å². The Morgan fingerprint density at radius 3 is 2.63 bits per heavy atom. The van der Waals surface area contributed by atoms with E-state index >= 15 is 0 Å². The lowest BCUT2D eigenvalue weighted by Crippen LogP contribution is -2.63. The second-order valence-corrected chi connectivity index (χ2v) is 9.78. The van der Waals surface area contributed by atoms with Gasteiger partial charge in [0.05, 0.1) is 25.9 Å². The van der Waals surface area contributed by atoms with E-state index in [1.807, 2.05) is 62.4 Å². The van der Waals surface area contributed by atoms with Crippen LogP contribution in [0.15, 0.2) is 48.5 Å². The largest absolute Gasteiger partial charge is 0.496 e. The summed E-state index contributed by atoms with van der Waals surface area (Å²) in [5.74, 6) is 0.357. The maximum Gasteiger partial charge on any atom is 0.273 e. The van der Waals surface area contributed by atoms with E-state index in [0.717, 1.165) is 48.1 Å². The van der Waals surface area contributed by atoms with Crippen molar-refractivity contribution in [1.82, 2.24) is 20.0 Å². The summed E-state index contributed by atoms with van der Waals surface area (Å²) in [7, 11) is 1.62. The zero-order chi connectivity index (χ0) is 24.6. The van der Waals surface area contributed by atoms with E-state index in [9.17, 15) is 9.59 Å². The Kier molecular flexibility index (Phi) is 6.09. The van der Waals surface area contributed by atoms with Crippen LogP contribution < -0.4 is 10.1 Å². The predicted octanol–water partition coefficient (Wildman–Crippen LogP) is 3.81. The molecule has 5 rings (SSSR count). The second-order valence-electron chi connectivity index (χ2n) is 9.78. The highest BCUT2D eigenvalue weighted by molar-refractivity contribution is 6.00. The van der Waals surface area contributed by atoms with Crippen molar-refractivity contribution >= 4 is 11.8 Å². The van der Waals surface area contributed by atoms with Gasteiger partial charge in [-0.3, -0.25) is 14.3 Å². The van der Waals surface area contributed by atoms with Gasteiger partial charge >= 0.3 is 0 Å². The molecule has 2 aromatic carbocycles. The molecule has 1 aliphatic carbocycles. The fourth-order valence-corrected chi connectivity index (χ4v) is 5.21. The van der Waals surface area contributed by atoms with Crippen LogP contribution >= 0.6 is 0 Å². The first kappa shape index (κ1) is 23.1. The van der Waals surface area contributed by atoms with Crippen LogP contribution in [0.2, 0.25) is 0 Å². The lowest BCUT2D eigenvalue weighted by molar-refractivity contribution is -0.133. The summed E-state index contributed by atoms with van der Waals surface area (Å²) in [6.07, 6.45) is 3.87. The third-order valence-electron chi connectivity index (χ3n) is 7.31. The Hall–Kier alpha value is -3.61. The fraction of sp³-hybridized carbons (Fsp3) is 0.393. The SMILES string of the molecule is COc1ccccc1CN1C(=O)c2c3c(nn2CC1(C)C(=O)NCc1ccc(C)cc1)CCCC3. The number of fused-ring (bicyclic) bond motifs is 3. The Morgan fingerprint density at radius 2 is 1.86 bits per heavy atom. The second kappa shape index (κ2) is 9.21. The average Bonchev–Trinajstić information content (AvgIpc) is 3.24. The maximum absolute atomic E-state index is 14.0. The van der Waals surface area contributed by atoms with Crippen molar-refractivity contribution in [3.63, 3.8) is 0 Å². The molecule has 7 heteroatoms. The number of benzene rings is 2. The molecule has 0 spiro atoms. The lowest BCUT2D eigenvalue weighted by Gasteiger charge is -2.43. The highest BCUT2D eigenvalue weighted by Crippen LogP contribution is 2.35. The van der Waals surface area contributed by atoms with Crippen LogP contribution in [-0.2, 0) is 37.3 Å². The number of aryl methyl sites for hydroxylation is 2. The zero-order valence-electron chi connectivity index (χ0n) is 20.6. The standard InChI is InChI=1S/C28H32N4O3/c1-19-12-14-20(15-13-19)16-29-27(34)28(2)18-32-25(22-9-5-6-10-23(22)30-32)26(33)31(28)17-21-8-4-7-11-24(21)35-3/h4,7-8,11-15H,5-6,9-10,16-18H2,1-3H3,(H,29,34). The van der Waals surface area contributed by atoms with E-state index < -0.39 is 5.54 Å². The average molecular weight is 473 g/mol. The molecule has 2 amide bonds. The molecule has 182 valence electrons. The number of para-hydroxylation sites is 1. The summed E-state index contributed by atoms with van der Waals surface area (Å²) in [5, 5.41) is 7.87. The molecule has 7 nitrogen and oxygen atoms in total. The Balaban J connectivity index is 1.50. The molecule has 2 aliphatic rings. The number of rotatable bonds is 6. The topological polar surface area (TPSA) is 76.5 Å². The van der Waals surface area contributed by atoms with Gasteiger partial charge in [-0.15, -0.1) is 0 Å². The number of aromatic nitrogens is 2. The summed E-state index contributed by atoms with van der Waals surface area (Å²) in [6, 6.07) is 15.7. The number of carbonyl (C=O) groups excluding carboxylic acids is 2. The number of amides is 2. The molecule has 1 atom stereocenters. The van der Waals surface area contributed by atoms with Crippen molar-refractivity contribution in [2.24, 2.45) is 0 Å². The molecule has 2 heterocycles. The van der Waals surface area contributed by atoms with Crippen LogP contribution in [0, 0.1) is 6.92 Å². The highest BCUT2D eigenvalue weighted by Gasteiger charge is 2.49. The van der Waals surface area contributed by atoms with E-state index in [-0.39, 0.29) is 18.4 Å². The lowest BCUT2D eigenvalue weighted by atomic mass is 9.90. The monoisotopic (exact) mass is 472 g/mol. The van der Waals surface area contributed by atoms with Crippen molar-refractivity contribution in [3.8, 4) is 5.75 Å².